The van der Waals surface area contributed by atoms with E-state index in [0.717, 1.165) is 5.56 Å². The Hall–Kier alpha value is -3.97. The normalized spacial score (nSPS) is 20.2. The van der Waals surface area contributed by atoms with Crippen molar-refractivity contribution in [3.63, 3.8) is 0 Å². The molecule has 2 aliphatic rings. The van der Waals surface area contributed by atoms with Crippen LogP contribution in [0.1, 0.15) is 34.8 Å². The smallest absolute Gasteiger partial charge is 0.435 e. The van der Waals surface area contributed by atoms with E-state index in [4.69, 9.17) is 10.5 Å². The number of pyridine rings is 1. The van der Waals surface area contributed by atoms with E-state index in [2.05, 4.69) is 19.9 Å². The van der Waals surface area contributed by atoms with Crippen LogP contribution in [0.5, 0.6) is 5.88 Å². The van der Waals surface area contributed by atoms with Crippen molar-refractivity contribution in [3.8, 4) is 28.0 Å². The third-order valence-corrected chi connectivity index (χ3v) is 8.23. The highest BCUT2D eigenvalue weighted by Crippen LogP contribution is 2.49. The Morgan fingerprint density at radius 3 is 2.32 bits per heavy atom. The number of piperidine rings is 1. The molecule has 41 heavy (non-hydrogen) atoms. The van der Waals surface area contributed by atoms with Gasteiger partial charge in [0.2, 0.25) is 5.88 Å². The zero-order chi connectivity index (χ0) is 29.1. The number of nitrogens with zero attached hydrogens (tertiary/aromatic N) is 5. The predicted molar refractivity (Wildman–Crippen MR) is 142 cm³/mol. The lowest BCUT2D eigenvalue weighted by Crippen LogP contribution is -2.34. The quantitative estimate of drug-likeness (QED) is 0.312. The van der Waals surface area contributed by atoms with E-state index in [-0.39, 0.29) is 47.7 Å². The SMILES string of the molecule is CC(C)(N)c1cc(O[C@@H]2[C@@H]3CN(C(=O)c4sc(-c5ncccn5)nc4C(F)(F)F)C[C@@H]32)nc(-c2ccc(F)cc2)c1. The van der Waals surface area contributed by atoms with Gasteiger partial charge in [-0.15, -0.1) is 11.3 Å². The fourth-order valence-electron chi connectivity index (χ4n) is 4.96. The molecule has 1 aliphatic heterocycles. The first kappa shape index (κ1) is 27.2. The van der Waals surface area contributed by atoms with E-state index >= 15 is 0 Å². The monoisotopic (exact) mass is 584 g/mol. The van der Waals surface area contributed by atoms with Gasteiger partial charge in [0, 0.05) is 54.5 Å². The second-order valence-corrected chi connectivity index (χ2v) is 11.7. The van der Waals surface area contributed by atoms with Crippen LogP contribution >= 0.6 is 11.3 Å². The van der Waals surface area contributed by atoms with Crippen LogP contribution in [0.4, 0.5) is 17.6 Å². The van der Waals surface area contributed by atoms with Crippen LogP contribution in [0.2, 0.25) is 0 Å². The van der Waals surface area contributed by atoms with Gasteiger partial charge in [-0.1, -0.05) is 0 Å². The molecule has 0 unspecified atom stereocenters. The summed E-state index contributed by atoms with van der Waals surface area (Å²) in [6, 6.07) is 11.0. The lowest BCUT2D eigenvalue weighted by atomic mass is 9.95. The summed E-state index contributed by atoms with van der Waals surface area (Å²) in [5.74, 6) is -0.836. The molecule has 3 atom stereocenters. The van der Waals surface area contributed by atoms with Crippen molar-refractivity contribution in [2.24, 2.45) is 17.6 Å². The lowest BCUT2D eigenvalue weighted by molar-refractivity contribution is -0.141. The Labute approximate surface area is 236 Å². The van der Waals surface area contributed by atoms with Crippen molar-refractivity contribution in [1.29, 1.82) is 0 Å². The number of aromatic nitrogens is 4. The summed E-state index contributed by atoms with van der Waals surface area (Å²) >= 11 is 0.634. The summed E-state index contributed by atoms with van der Waals surface area (Å²) in [4.78, 5) is 30.3. The second kappa shape index (κ2) is 9.84. The fourth-order valence-corrected chi connectivity index (χ4v) is 5.97. The molecule has 1 amide bonds. The third kappa shape index (κ3) is 5.38. The maximum absolute atomic E-state index is 13.8. The molecule has 0 radical (unpaired) electrons. The number of ether oxygens (including phenoxy) is 1. The molecule has 3 aromatic heterocycles. The van der Waals surface area contributed by atoms with Gasteiger partial charge in [0.25, 0.3) is 5.91 Å². The molecule has 0 bridgehead atoms. The van der Waals surface area contributed by atoms with E-state index in [1.165, 1.54) is 35.5 Å². The number of likely N-dealkylation sites (tertiary alicyclic amines) is 1. The molecule has 2 N–H and O–H groups in total. The summed E-state index contributed by atoms with van der Waals surface area (Å²) in [7, 11) is 0. The summed E-state index contributed by atoms with van der Waals surface area (Å²) in [5.41, 5.74) is 6.45. The molecule has 4 aromatic rings. The minimum absolute atomic E-state index is 0.0233. The minimum atomic E-state index is -4.81. The number of nitrogens with two attached hydrogens (primary N) is 1. The average Bonchev–Trinajstić information content (AvgIpc) is 3.29. The molecule has 2 fully saturated rings. The number of halogens is 4. The van der Waals surface area contributed by atoms with Gasteiger partial charge >= 0.3 is 6.18 Å². The summed E-state index contributed by atoms with van der Waals surface area (Å²) in [6.45, 7) is 4.18. The highest BCUT2D eigenvalue weighted by Gasteiger charge is 2.59. The highest BCUT2D eigenvalue weighted by molar-refractivity contribution is 7.17. The molecule has 1 saturated carbocycles. The van der Waals surface area contributed by atoms with Gasteiger partial charge < -0.3 is 15.4 Å². The first-order chi connectivity index (χ1) is 19.4. The van der Waals surface area contributed by atoms with Crippen LogP contribution in [0.3, 0.4) is 0 Å². The number of alkyl halides is 3. The van der Waals surface area contributed by atoms with Crippen LogP contribution in [0, 0.1) is 17.7 Å². The Morgan fingerprint density at radius 1 is 1.05 bits per heavy atom. The number of carbonyl (C=O) groups excluding carboxylic acids is 1. The van der Waals surface area contributed by atoms with Gasteiger partial charge in [-0.25, -0.2) is 24.3 Å². The number of thiazole rings is 1. The maximum atomic E-state index is 13.8. The predicted octanol–water partition coefficient (Wildman–Crippen LogP) is 5.16. The molecule has 1 aromatic carbocycles. The standard InChI is InChI=1S/C28H24F4N6O2S/c1-27(2,33)15-10-19(14-4-6-16(29)7-5-14)36-20(11-15)40-21-17-12-38(13-18(17)21)26(39)22-23(28(30,31)32)37-25(41-22)24-34-8-3-9-35-24/h3-11,17-18,21H,12-13,33H2,1-2H3/t17-,18+,21-. The molecular formula is C28H24F4N6O2S. The van der Waals surface area contributed by atoms with Crippen molar-refractivity contribution >= 4 is 17.2 Å². The van der Waals surface area contributed by atoms with E-state index in [0.29, 0.717) is 28.5 Å². The van der Waals surface area contributed by atoms with E-state index < -0.39 is 28.2 Å². The number of rotatable bonds is 6. The topological polar surface area (TPSA) is 107 Å². The highest BCUT2D eigenvalue weighted by atomic mass is 32.1. The van der Waals surface area contributed by atoms with E-state index in [1.807, 2.05) is 19.9 Å². The Balaban J connectivity index is 1.19. The second-order valence-electron chi connectivity index (χ2n) is 10.7. The molecule has 13 heteroatoms. The zero-order valence-corrected chi connectivity index (χ0v) is 22.7. The third-order valence-electron chi connectivity index (χ3n) is 7.19. The minimum Gasteiger partial charge on any atom is -0.474 e. The van der Waals surface area contributed by atoms with Crippen molar-refractivity contribution in [2.75, 3.05) is 13.1 Å². The van der Waals surface area contributed by atoms with E-state index in [1.54, 1.807) is 18.2 Å². The number of carbonyl (C=O) groups is 1. The lowest BCUT2D eigenvalue weighted by Gasteiger charge is -2.22. The van der Waals surface area contributed by atoms with Gasteiger partial charge in [0.1, 0.15) is 16.8 Å². The maximum Gasteiger partial charge on any atom is 0.435 e. The fraction of sp³-hybridized carbons (Fsp3) is 0.321. The van der Waals surface area contributed by atoms with Crippen LogP contribution in [0.15, 0.2) is 54.9 Å². The van der Waals surface area contributed by atoms with Crippen LogP contribution in [-0.4, -0.2) is 49.9 Å². The Kier molecular flexibility index (Phi) is 6.53. The van der Waals surface area contributed by atoms with Crippen molar-refractivity contribution in [1.82, 2.24) is 24.8 Å². The molecule has 212 valence electrons. The Bertz CT molecular complexity index is 1590. The molecule has 1 saturated heterocycles. The van der Waals surface area contributed by atoms with Gasteiger partial charge in [-0.3, -0.25) is 4.79 Å². The summed E-state index contributed by atoms with van der Waals surface area (Å²) < 4.78 is 61.0. The first-order valence-corrected chi connectivity index (χ1v) is 13.6. The van der Waals surface area contributed by atoms with Crippen molar-refractivity contribution in [2.45, 2.75) is 31.7 Å². The van der Waals surface area contributed by atoms with Crippen molar-refractivity contribution < 1.29 is 27.1 Å². The van der Waals surface area contributed by atoms with Gasteiger partial charge in [0.15, 0.2) is 16.5 Å². The van der Waals surface area contributed by atoms with Crippen LogP contribution in [0.25, 0.3) is 22.1 Å². The van der Waals surface area contributed by atoms with Gasteiger partial charge in [-0.2, -0.15) is 13.2 Å². The molecule has 4 heterocycles. The van der Waals surface area contributed by atoms with E-state index in [9.17, 15) is 22.4 Å². The number of fused-ring (bicyclic) bond motifs is 1. The molecule has 1 aliphatic carbocycles. The number of hydrogen-bond donors (Lipinski definition) is 1. The first-order valence-electron chi connectivity index (χ1n) is 12.8. The summed E-state index contributed by atoms with van der Waals surface area (Å²) in [6.07, 6.45) is -2.26. The molecular weight excluding hydrogens is 560 g/mol. The molecule has 0 spiro atoms. The van der Waals surface area contributed by atoms with Gasteiger partial charge in [-0.05, 0) is 55.8 Å². The number of hydrogen-bond acceptors (Lipinski definition) is 8. The van der Waals surface area contributed by atoms with Crippen molar-refractivity contribution in [3.05, 3.63) is 76.8 Å². The molecule has 6 rings (SSSR count). The average molecular weight is 585 g/mol. The summed E-state index contributed by atoms with van der Waals surface area (Å²) in [5, 5.41) is -0.0717. The van der Waals surface area contributed by atoms with Crippen LogP contribution < -0.4 is 10.5 Å². The number of benzene rings is 1. The zero-order valence-electron chi connectivity index (χ0n) is 21.9. The largest absolute Gasteiger partial charge is 0.474 e. The Morgan fingerprint density at radius 2 is 1.71 bits per heavy atom. The van der Waals surface area contributed by atoms with Gasteiger partial charge in [0.05, 0.1) is 5.69 Å². The molecule has 8 nitrogen and oxygen atoms in total. The number of amides is 1. The van der Waals surface area contributed by atoms with Crippen LogP contribution in [-0.2, 0) is 11.7 Å².